The van der Waals surface area contributed by atoms with Crippen LogP contribution in [-0.4, -0.2) is 16.9 Å². The molecule has 2 aromatic rings. The summed E-state index contributed by atoms with van der Waals surface area (Å²) in [7, 11) is 0. The molecule has 0 spiro atoms. The minimum atomic E-state index is 0.435. The molecular weight excluding hydrogens is 314 g/mol. The molecule has 0 saturated heterocycles. The molecule has 0 heterocycles. The van der Waals surface area contributed by atoms with Crippen LogP contribution in [0.3, 0.4) is 0 Å². The Kier molecular flexibility index (Phi) is 4.56. The van der Waals surface area contributed by atoms with Crippen molar-refractivity contribution in [1.29, 1.82) is 0 Å². The molecule has 17 heavy (non-hydrogen) atoms. The van der Waals surface area contributed by atoms with Gasteiger partial charge in [-0.25, -0.2) is 0 Å². The first-order chi connectivity index (χ1) is 8.20. The van der Waals surface area contributed by atoms with Crippen LogP contribution in [0.2, 0.25) is 15.3 Å². The van der Waals surface area contributed by atoms with E-state index >= 15 is 0 Å². The van der Waals surface area contributed by atoms with Gasteiger partial charge in [-0.1, -0.05) is 0 Å². The summed E-state index contributed by atoms with van der Waals surface area (Å²) in [5, 5.41) is 2.69. The average Bonchev–Trinajstić information content (AvgIpc) is 2.35. The summed E-state index contributed by atoms with van der Waals surface area (Å²) < 4.78 is 0. The molecule has 0 saturated carbocycles. The number of hydrogen-bond donors (Lipinski definition) is 0. The van der Waals surface area contributed by atoms with Crippen LogP contribution in [0.15, 0.2) is 48.5 Å². The Bertz CT molecular complexity index is 431. The van der Waals surface area contributed by atoms with E-state index in [1.807, 2.05) is 24.3 Å². The SMILES string of the molecule is Clc1ccc(C(C[AsH2])c2ccc(Cl)cc2)cc1. The molecule has 1 unspecified atom stereocenters. The third kappa shape index (κ3) is 3.28. The molecule has 1 atom stereocenters. The zero-order valence-corrected chi connectivity index (χ0v) is 13.2. The van der Waals surface area contributed by atoms with E-state index in [9.17, 15) is 0 Å². The van der Waals surface area contributed by atoms with E-state index in [-0.39, 0.29) is 0 Å². The van der Waals surface area contributed by atoms with Crippen molar-refractivity contribution >= 4 is 40.1 Å². The van der Waals surface area contributed by atoms with Crippen molar-refractivity contribution in [3.63, 3.8) is 0 Å². The van der Waals surface area contributed by atoms with Crippen LogP contribution in [0.1, 0.15) is 17.0 Å². The van der Waals surface area contributed by atoms with E-state index in [1.54, 1.807) is 16.9 Å². The van der Waals surface area contributed by atoms with Gasteiger partial charge in [0.05, 0.1) is 0 Å². The van der Waals surface area contributed by atoms with Crippen LogP contribution in [0.4, 0.5) is 0 Å². The van der Waals surface area contributed by atoms with Gasteiger partial charge in [-0.3, -0.25) is 0 Å². The van der Waals surface area contributed by atoms with Crippen molar-refractivity contribution < 1.29 is 0 Å². The van der Waals surface area contributed by atoms with Crippen LogP contribution in [0, 0.1) is 0 Å². The Hall–Kier alpha value is -0.422. The summed E-state index contributed by atoms with van der Waals surface area (Å²) in [6, 6.07) is 16.2. The zero-order chi connectivity index (χ0) is 12.3. The quantitative estimate of drug-likeness (QED) is 0.742. The summed E-state index contributed by atoms with van der Waals surface area (Å²) in [6.07, 6.45) is 0. The van der Waals surface area contributed by atoms with E-state index < -0.39 is 0 Å². The van der Waals surface area contributed by atoms with Crippen LogP contribution in [0.25, 0.3) is 0 Å². The van der Waals surface area contributed by atoms with Crippen LogP contribution in [0.5, 0.6) is 0 Å². The number of rotatable bonds is 3. The molecule has 2 aromatic carbocycles. The van der Waals surface area contributed by atoms with Gasteiger partial charge in [-0.05, 0) is 0 Å². The van der Waals surface area contributed by atoms with Crippen molar-refractivity contribution in [3.8, 4) is 0 Å². The molecule has 0 aliphatic rings. The van der Waals surface area contributed by atoms with Gasteiger partial charge < -0.3 is 0 Å². The predicted molar refractivity (Wildman–Crippen MR) is 78.1 cm³/mol. The fraction of sp³-hybridized carbons (Fsp3) is 0.143. The van der Waals surface area contributed by atoms with Gasteiger partial charge in [0.2, 0.25) is 0 Å². The summed E-state index contributed by atoms with van der Waals surface area (Å²) >= 11 is 13.6. The maximum atomic E-state index is 5.91. The molecule has 2 rings (SSSR count). The summed E-state index contributed by atoms with van der Waals surface area (Å²) in [5.41, 5.74) is 2.61. The van der Waals surface area contributed by atoms with Crippen molar-refractivity contribution in [2.45, 2.75) is 11.1 Å². The van der Waals surface area contributed by atoms with E-state index in [0.29, 0.717) is 5.92 Å². The molecule has 0 nitrogen and oxygen atoms in total. The van der Waals surface area contributed by atoms with E-state index in [4.69, 9.17) is 23.2 Å². The number of hydrogen-bond acceptors (Lipinski definition) is 0. The van der Waals surface area contributed by atoms with Crippen molar-refractivity contribution in [2.24, 2.45) is 0 Å². The Balaban J connectivity index is 2.33. The standard InChI is InChI=1S/C14H13AsCl2/c15-9-14(10-1-5-12(16)6-2-10)11-3-7-13(17)8-4-11/h1-8,14H,9,15H2. The Morgan fingerprint density at radius 3 is 1.41 bits per heavy atom. The van der Waals surface area contributed by atoms with Gasteiger partial charge >= 0.3 is 121 Å². The average molecular weight is 327 g/mol. The van der Waals surface area contributed by atoms with Crippen LogP contribution < -0.4 is 0 Å². The molecule has 0 amide bonds. The van der Waals surface area contributed by atoms with Crippen molar-refractivity contribution in [2.75, 3.05) is 0 Å². The second-order valence-electron chi connectivity index (χ2n) is 3.89. The zero-order valence-electron chi connectivity index (χ0n) is 9.24. The van der Waals surface area contributed by atoms with Crippen molar-refractivity contribution in [1.82, 2.24) is 0 Å². The molecule has 0 fully saturated rings. The first-order valence-electron chi connectivity index (χ1n) is 5.41. The van der Waals surface area contributed by atoms with Gasteiger partial charge in [-0.2, -0.15) is 0 Å². The third-order valence-electron chi connectivity index (χ3n) is 2.78. The number of benzene rings is 2. The molecular formula is C14H13AsCl2. The first-order valence-corrected chi connectivity index (χ1v) is 7.88. The fourth-order valence-corrected chi connectivity index (χ4v) is 3.25. The van der Waals surface area contributed by atoms with Crippen molar-refractivity contribution in [3.05, 3.63) is 69.7 Å². The second-order valence-corrected chi connectivity index (χ2v) is 5.75. The predicted octanol–water partition coefficient (Wildman–Crippen LogP) is 4.18. The fourth-order valence-electron chi connectivity index (χ4n) is 1.85. The van der Waals surface area contributed by atoms with Gasteiger partial charge in [0, 0.05) is 0 Å². The summed E-state index contributed by atoms with van der Waals surface area (Å²) in [5.74, 6) is 0.435. The summed E-state index contributed by atoms with van der Waals surface area (Å²) in [6.45, 7) is 0. The molecule has 0 aromatic heterocycles. The molecule has 3 heteroatoms. The normalized spacial score (nSPS) is 10.8. The van der Waals surface area contributed by atoms with Gasteiger partial charge in [0.1, 0.15) is 0 Å². The van der Waals surface area contributed by atoms with E-state index in [1.165, 1.54) is 11.1 Å². The van der Waals surface area contributed by atoms with Crippen LogP contribution >= 0.6 is 23.2 Å². The van der Waals surface area contributed by atoms with Crippen LogP contribution in [-0.2, 0) is 0 Å². The second kappa shape index (κ2) is 5.96. The Morgan fingerprint density at radius 2 is 1.12 bits per heavy atom. The maximum absolute atomic E-state index is 5.91. The van der Waals surface area contributed by atoms with Gasteiger partial charge in [-0.15, -0.1) is 0 Å². The Labute approximate surface area is 120 Å². The molecule has 88 valence electrons. The third-order valence-corrected chi connectivity index (χ3v) is 4.27. The first kappa shape index (κ1) is 13.0. The molecule has 0 aliphatic heterocycles. The topological polar surface area (TPSA) is 0 Å². The molecule has 0 bridgehead atoms. The van der Waals surface area contributed by atoms with E-state index in [2.05, 4.69) is 24.3 Å². The monoisotopic (exact) mass is 326 g/mol. The van der Waals surface area contributed by atoms with E-state index in [0.717, 1.165) is 15.3 Å². The molecule has 0 aliphatic carbocycles. The molecule has 0 radical (unpaired) electrons. The van der Waals surface area contributed by atoms with Gasteiger partial charge in [0.15, 0.2) is 0 Å². The molecule has 0 N–H and O–H groups in total. The number of halogens is 2. The minimum absolute atomic E-state index is 0.435. The summed E-state index contributed by atoms with van der Waals surface area (Å²) in [4.78, 5) is 0. The van der Waals surface area contributed by atoms with Gasteiger partial charge in [0.25, 0.3) is 0 Å². The Morgan fingerprint density at radius 1 is 0.765 bits per heavy atom.